The molecule has 1 aliphatic heterocycles. The van der Waals surface area contributed by atoms with Crippen molar-refractivity contribution in [1.82, 2.24) is 8.86 Å². The van der Waals surface area contributed by atoms with Crippen molar-refractivity contribution in [3.05, 3.63) is 52.3 Å². The topological polar surface area (TPSA) is 82.0 Å². The molecular weight excluding hydrogens is 454 g/mol. The summed E-state index contributed by atoms with van der Waals surface area (Å²) in [7, 11) is 4.54. The normalized spacial score (nSPS) is 14.8. The van der Waals surface area contributed by atoms with Gasteiger partial charge in [0.1, 0.15) is 0 Å². The molecule has 0 aliphatic carbocycles. The molecule has 2 heterocycles. The minimum atomic E-state index is -0.464. The zero-order valence-electron chi connectivity index (χ0n) is 19.8. The van der Waals surface area contributed by atoms with Crippen LogP contribution in [-0.4, -0.2) is 49.4 Å². The molecule has 2 aromatic carbocycles. The van der Waals surface area contributed by atoms with Crippen molar-refractivity contribution in [3.63, 3.8) is 0 Å². The number of anilines is 1. The van der Waals surface area contributed by atoms with Gasteiger partial charge in [0.05, 0.1) is 31.4 Å². The molecule has 1 amide bonds. The lowest BCUT2D eigenvalue weighted by molar-refractivity contribution is 0.170. The van der Waals surface area contributed by atoms with E-state index < -0.39 is 6.09 Å². The van der Waals surface area contributed by atoms with Gasteiger partial charge in [-0.05, 0) is 62.0 Å². The van der Waals surface area contributed by atoms with E-state index >= 15 is 0 Å². The Kier molecular flexibility index (Phi) is 7.74. The van der Waals surface area contributed by atoms with E-state index in [4.69, 9.17) is 9.47 Å². The lowest BCUT2D eigenvalue weighted by Gasteiger charge is -2.32. The summed E-state index contributed by atoms with van der Waals surface area (Å²) in [6.07, 6.45) is 2.75. The van der Waals surface area contributed by atoms with Gasteiger partial charge in [0.25, 0.3) is 5.56 Å². The smallest absolute Gasteiger partial charge is 0.411 e. The van der Waals surface area contributed by atoms with E-state index in [0.717, 1.165) is 61.4 Å². The predicted molar refractivity (Wildman–Crippen MR) is 134 cm³/mol. The standard InChI is InChI=1S/C25H31N3O5S/c1-31-21-14-20-23(15-22(21)32-2)34-28(24(20)29)12-9-17-7-10-27(11-8-17)16-18-5-4-6-19(13-18)26-25(30)33-3/h4-6,13-15,17H,7-12,16H2,1-3H3,(H,26,30). The Morgan fingerprint density at radius 2 is 1.82 bits per heavy atom. The summed E-state index contributed by atoms with van der Waals surface area (Å²) in [5.41, 5.74) is 1.94. The van der Waals surface area contributed by atoms with E-state index in [1.54, 1.807) is 20.3 Å². The number of aryl methyl sites for hydroxylation is 1. The van der Waals surface area contributed by atoms with Gasteiger partial charge in [0.15, 0.2) is 11.5 Å². The average Bonchev–Trinajstić information content (AvgIpc) is 3.17. The van der Waals surface area contributed by atoms with Crippen molar-refractivity contribution in [3.8, 4) is 11.5 Å². The number of likely N-dealkylation sites (tertiary alicyclic amines) is 1. The quantitative estimate of drug-likeness (QED) is 0.504. The van der Waals surface area contributed by atoms with Crippen LogP contribution in [0.5, 0.6) is 11.5 Å². The average molecular weight is 486 g/mol. The highest BCUT2D eigenvalue weighted by molar-refractivity contribution is 7.13. The third-order valence-electron chi connectivity index (χ3n) is 6.36. The molecule has 34 heavy (non-hydrogen) atoms. The zero-order valence-corrected chi connectivity index (χ0v) is 20.7. The summed E-state index contributed by atoms with van der Waals surface area (Å²) in [5.74, 6) is 1.82. The van der Waals surface area contributed by atoms with Crippen LogP contribution in [0.3, 0.4) is 0 Å². The molecule has 1 fully saturated rings. The molecule has 1 aromatic heterocycles. The monoisotopic (exact) mass is 485 g/mol. The van der Waals surface area contributed by atoms with Crippen molar-refractivity contribution in [2.24, 2.45) is 5.92 Å². The zero-order chi connectivity index (χ0) is 24.1. The second-order valence-corrected chi connectivity index (χ2v) is 9.59. The fraction of sp³-hybridized carbons (Fsp3) is 0.440. The number of benzene rings is 2. The molecule has 0 saturated carbocycles. The van der Waals surface area contributed by atoms with Crippen molar-refractivity contribution in [1.29, 1.82) is 0 Å². The second kappa shape index (κ2) is 10.9. The molecule has 4 rings (SSSR count). The minimum absolute atomic E-state index is 0.0406. The molecular formula is C25H31N3O5S. The van der Waals surface area contributed by atoms with Crippen LogP contribution in [0.4, 0.5) is 10.5 Å². The van der Waals surface area contributed by atoms with Crippen LogP contribution >= 0.6 is 11.5 Å². The third-order valence-corrected chi connectivity index (χ3v) is 7.47. The van der Waals surface area contributed by atoms with E-state index in [1.807, 2.05) is 28.2 Å². The van der Waals surface area contributed by atoms with Crippen LogP contribution in [0, 0.1) is 5.92 Å². The molecule has 0 atom stereocenters. The molecule has 1 saturated heterocycles. The minimum Gasteiger partial charge on any atom is -0.493 e. The van der Waals surface area contributed by atoms with E-state index in [2.05, 4.69) is 21.0 Å². The summed E-state index contributed by atoms with van der Waals surface area (Å²) in [5, 5.41) is 3.40. The van der Waals surface area contributed by atoms with Crippen molar-refractivity contribution in [2.45, 2.75) is 32.4 Å². The van der Waals surface area contributed by atoms with Crippen LogP contribution in [0.1, 0.15) is 24.8 Å². The number of hydrogen-bond donors (Lipinski definition) is 1. The van der Waals surface area contributed by atoms with Gasteiger partial charge in [-0.25, -0.2) is 4.79 Å². The van der Waals surface area contributed by atoms with E-state index in [-0.39, 0.29) is 5.56 Å². The molecule has 1 aliphatic rings. The number of hydrogen-bond acceptors (Lipinski definition) is 7. The Morgan fingerprint density at radius 1 is 1.09 bits per heavy atom. The molecule has 0 unspecified atom stereocenters. The highest BCUT2D eigenvalue weighted by Gasteiger charge is 2.20. The Hall–Kier alpha value is -3.04. The highest BCUT2D eigenvalue weighted by atomic mass is 32.1. The van der Waals surface area contributed by atoms with Gasteiger partial charge in [-0.15, -0.1) is 0 Å². The number of amides is 1. The number of nitrogens with zero attached hydrogens (tertiary/aromatic N) is 2. The van der Waals surface area contributed by atoms with Gasteiger partial charge in [0, 0.05) is 24.8 Å². The Bertz CT molecular complexity index is 1200. The largest absolute Gasteiger partial charge is 0.493 e. The molecule has 0 bridgehead atoms. The third kappa shape index (κ3) is 5.53. The van der Waals surface area contributed by atoms with Gasteiger partial charge < -0.3 is 14.2 Å². The SMILES string of the molecule is COC(=O)Nc1cccc(CN2CCC(CCn3sc4cc(OC)c(OC)cc4c3=O)CC2)c1. The maximum atomic E-state index is 12.9. The van der Waals surface area contributed by atoms with E-state index in [0.29, 0.717) is 22.8 Å². The first-order chi connectivity index (χ1) is 16.5. The summed E-state index contributed by atoms with van der Waals surface area (Å²) in [6, 6.07) is 11.5. The lowest BCUT2D eigenvalue weighted by atomic mass is 9.93. The van der Waals surface area contributed by atoms with Gasteiger partial charge in [-0.3, -0.25) is 19.0 Å². The van der Waals surface area contributed by atoms with Gasteiger partial charge in [0.2, 0.25) is 0 Å². The molecule has 182 valence electrons. The van der Waals surface area contributed by atoms with Crippen molar-refractivity contribution < 1.29 is 19.0 Å². The summed E-state index contributed by atoms with van der Waals surface area (Å²) in [6.45, 7) is 3.63. The van der Waals surface area contributed by atoms with Crippen LogP contribution in [-0.2, 0) is 17.8 Å². The summed E-state index contributed by atoms with van der Waals surface area (Å²) < 4.78 is 18.2. The lowest BCUT2D eigenvalue weighted by Crippen LogP contribution is -2.33. The van der Waals surface area contributed by atoms with Crippen molar-refractivity contribution in [2.75, 3.05) is 39.7 Å². The number of methoxy groups -OCH3 is 3. The predicted octanol–water partition coefficient (Wildman–Crippen LogP) is 4.56. The van der Waals surface area contributed by atoms with E-state index in [1.165, 1.54) is 18.6 Å². The maximum Gasteiger partial charge on any atom is 0.411 e. The number of piperidine rings is 1. The number of nitrogens with one attached hydrogen (secondary N) is 1. The molecule has 0 spiro atoms. The van der Waals surface area contributed by atoms with Crippen LogP contribution in [0.25, 0.3) is 10.1 Å². The van der Waals surface area contributed by atoms with Gasteiger partial charge in [-0.2, -0.15) is 0 Å². The maximum absolute atomic E-state index is 12.9. The fourth-order valence-electron chi connectivity index (χ4n) is 4.45. The molecule has 9 heteroatoms. The fourth-order valence-corrected chi connectivity index (χ4v) is 5.47. The van der Waals surface area contributed by atoms with Gasteiger partial charge >= 0.3 is 6.09 Å². The Labute approximate surface area is 203 Å². The summed E-state index contributed by atoms with van der Waals surface area (Å²) in [4.78, 5) is 26.8. The van der Waals surface area contributed by atoms with Crippen molar-refractivity contribution >= 4 is 33.4 Å². The number of rotatable bonds is 8. The van der Waals surface area contributed by atoms with Crippen LogP contribution in [0.2, 0.25) is 0 Å². The Morgan fingerprint density at radius 3 is 2.53 bits per heavy atom. The van der Waals surface area contributed by atoms with E-state index in [9.17, 15) is 9.59 Å². The number of carbonyl (C=O) groups is 1. The first kappa shape index (κ1) is 24.1. The first-order valence-electron chi connectivity index (χ1n) is 11.4. The molecule has 8 nitrogen and oxygen atoms in total. The molecule has 3 aromatic rings. The van der Waals surface area contributed by atoms with Gasteiger partial charge in [-0.1, -0.05) is 23.7 Å². The first-order valence-corrected chi connectivity index (χ1v) is 12.2. The summed E-state index contributed by atoms with van der Waals surface area (Å²) >= 11 is 1.49. The molecule has 1 N–H and O–H groups in total. The van der Waals surface area contributed by atoms with Crippen LogP contribution < -0.4 is 20.3 Å². The van der Waals surface area contributed by atoms with Crippen LogP contribution in [0.15, 0.2) is 41.2 Å². The number of aromatic nitrogens is 1. The number of fused-ring (bicyclic) bond motifs is 1. The highest BCUT2D eigenvalue weighted by Crippen LogP contribution is 2.33. The number of carbonyl (C=O) groups excluding carboxylic acids is 1. The molecule has 0 radical (unpaired) electrons. The second-order valence-electron chi connectivity index (χ2n) is 8.53. The number of ether oxygens (including phenoxy) is 3. The Balaban J connectivity index is 1.31.